The number of nitrogens with one attached hydrogen (secondary N) is 1. The molecule has 0 rings (SSSR count). The van der Waals surface area contributed by atoms with Gasteiger partial charge in [0, 0.05) is 33.7 Å². The van der Waals surface area contributed by atoms with Crippen LogP contribution in [0.2, 0.25) is 0 Å². The van der Waals surface area contributed by atoms with Crippen molar-refractivity contribution < 1.29 is 24.2 Å². The van der Waals surface area contributed by atoms with Crippen LogP contribution in [0.15, 0.2) is 0 Å². The van der Waals surface area contributed by atoms with Crippen LogP contribution in [0.3, 0.4) is 0 Å². The third-order valence-corrected chi connectivity index (χ3v) is 3.32. The summed E-state index contributed by atoms with van der Waals surface area (Å²) in [6, 6.07) is -0.301. The monoisotopic (exact) mass is 304 g/mol. The van der Waals surface area contributed by atoms with Crippen molar-refractivity contribution in [2.24, 2.45) is 5.92 Å². The maximum atomic E-state index is 12.2. The van der Waals surface area contributed by atoms with E-state index in [1.165, 1.54) is 0 Å². The van der Waals surface area contributed by atoms with Crippen molar-refractivity contribution in [2.75, 3.05) is 40.5 Å². The van der Waals surface area contributed by atoms with Crippen LogP contribution in [0.5, 0.6) is 0 Å². The summed E-state index contributed by atoms with van der Waals surface area (Å²) in [5.74, 6) is -0.909. The Morgan fingerprint density at radius 2 is 1.95 bits per heavy atom. The summed E-state index contributed by atoms with van der Waals surface area (Å²) in [4.78, 5) is 24.6. The van der Waals surface area contributed by atoms with Gasteiger partial charge in [-0.05, 0) is 12.8 Å². The van der Waals surface area contributed by atoms with Gasteiger partial charge in [-0.1, -0.05) is 13.3 Å². The second kappa shape index (κ2) is 11.3. The van der Waals surface area contributed by atoms with Gasteiger partial charge in [0.1, 0.15) is 0 Å². The quantitative estimate of drug-likeness (QED) is 0.598. The van der Waals surface area contributed by atoms with Gasteiger partial charge in [0.05, 0.1) is 19.3 Å². The van der Waals surface area contributed by atoms with Gasteiger partial charge in [0.15, 0.2) is 0 Å². The van der Waals surface area contributed by atoms with Gasteiger partial charge in [-0.3, -0.25) is 4.79 Å². The van der Waals surface area contributed by atoms with E-state index in [1.807, 2.05) is 13.8 Å². The normalized spacial score (nSPS) is 13.5. The summed E-state index contributed by atoms with van der Waals surface area (Å²) in [6.45, 7) is 5.49. The highest BCUT2D eigenvalue weighted by molar-refractivity contribution is 5.74. The summed E-state index contributed by atoms with van der Waals surface area (Å²) in [6.07, 6.45) is 0.765. The fraction of sp³-hybridized carbons (Fsp3) is 0.857. The molecule has 2 N–H and O–H groups in total. The lowest BCUT2D eigenvalue weighted by atomic mass is 10.0. The second-order valence-corrected chi connectivity index (χ2v) is 5.05. The Kier molecular flexibility index (Phi) is 10.6. The van der Waals surface area contributed by atoms with E-state index in [0.717, 1.165) is 0 Å². The molecule has 0 spiro atoms. The molecule has 0 radical (unpaired) electrons. The highest BCUT2D eigenvalue weighted by atomic mass is 16.5. The van der Waals surface area contributed by atoms with E-state index in [0.29, 0.717) is 32.7 Å². The number of amides is 2. The van der Waals surface area contributed by atoms with Gasteiger partial charge < -0.3 is 24.8 Å². The molecule has 21 heavy (non-hydrogen) atoms. The van der Waals surface area contributed by atoms with E-state index >= 15 is 0 Å². The minimum atomic E-state index is -0.847. The molecule has 124 valence electrons. The first-order valence-corrected chi connectivity index (χ1v) is 7.20. The second-order valence-electron chi connectivity index (χ2n) is 5.05. The molecule has 0 aliphatic heterocycles. The lowest BCUT2D eigenvalue weighted by Crippen LogP contribution is -2.49. The number of carboxylic acids is 1. The number of hydrogen-bond donors (Lipinski definition) is 2. The third kappa shape index (κ3) is 8.52. The lowest BCUT2D eigenvalue weighted by Gasteiger charge is -2.29. The van der Waals surface area contributed by atoms with Crippen molar-refractivity contribution in [2.45, 2.75) is 32.7 Å². The number of methoxy groups -OCH3 is 2. The summed E-state index contributed by atoms with van der Waals surface area (Å²) < 4.78 is 10.1. The molecule has 7 nitrogen and oxygen atoms in total. The minimum Gasteiger partial charge on any atom is -0.481 e. The summed E-state index contributed by atoms with van der Waals surface area (Å²) >= 11 is 0. The molecular formula is C14H28N2O5. The summed E-state index contributed by atoms with van der Waals surface area (Å²) in [5, 5.41) is 11.6. The molecule has 0 aromatic rings. The van der Waals surface area contributed by atoms with Gasteiger partial charge in [0.2, 0.25) is 0 Å². The Balaban J connectivity index is 4.46. The average Bonchev–Trinajstić information content (AvgIpc) is 2.43. The van der Waals surface area contributed by atoms with Gasteiger partial charge in [-0.2, -0.15) is 0 Å². The number of rotatable bonds is 11. The van der Waals surface area contributed by atoms with Crippen molar-refractivity contribution >= 4 is 12.0 Å². The van der Waals surface area contributed by atoms with Crippen LogP contribution in [0.4, 0.5) is 4.79 Å². The summed E-state index contributed by atoms with van der Waals surface area (Å²) in [5.41, 5.74) is 0. The van der Waals surface area contributed by atoms with Gasteiger partial charge >= 0.3 is 12.0 Å². The Labute approximate surface area is 126 Å². The number of carboxylic acid groups (broad SMARTS) is 1. The van der Waals surface area contributed by atoms with E-state index in [2.05, 4.69) is 5.32 Å². The highest BCUT2D eigenvalue weighted by Gasteiger charge is 2.21. The maximum absolute atomic E-state index is 12.2. The van der Waals surface area contributed by atoms with E-state index in [1.54, 1.807) is 19.1 Å². The van der Waals surface area contributed by atoms with Gasteiger partial charge in [0.25, 0.3) is 0 Å². The molecule has 0 fully saturated rings. The molecule has 0 saturated carbocycles. The number of carbonyl (C=O) groups is 2. The average molecular weight is 304 g/mol. The molecule has 2 atom stereocenters. The standard InChI is InChI=1S/C14H28N2O5/c1-5-12(8-13(17)18)9-15-14(19)16(6-7-20-3)11(2)10-21-4/h11-12H,5-10H2,1-4H3,(H,15,19)(H,17,18). The number of hydrogen-bond acceptors (Lipinski definition) is 4. The molecule has 7 heteroatoms. The van der Waals surface area contributed by atoms with Crippen LogP contribution in [0.25, 0.3) is 0 Å². The van der Waals surface area contributed by atoms with Crippen molar-refractivity contribution in [1.82, 2.24) is 10.2 Å². The topological polar surface area (TPSA) is 88.1 Å². The SMILES string of the molecule is CCC(CNC(=O)N(CCOC)C(C)COC)CC(=O)O. The molecule has 0 aromatic carbocycles. The summed E-state index contributed by atoms with van der Waals surface area (Å²) in [7, 11) is 3.17. The van der Waals surface area contributed by atoms with Crippen LogP contribution < -0.4 is 5.32 Å². The first kappa shape index (κ1) is 19.7. The number of ether oxygens (including phenoxy) is 2. The molecule has 0 aliphatic rings. The molecule has 0 saturated heterocycles. The van der Waals surface area contributed by atoms with Crippen LogP contribution in [-0.4, -0.2) is 68.6 Å². The highest BCUT2D eigenvalue weighted by Crippen LogP contribution is 2.07. The fourth-order valence-corrected chi connectivity index (χ4v) is 1.98. The fourth-order valence-electron chi connectivity index (χ4n) is 1.98. The number of urea groups is 1. The van der Waals surface area contributed by atoms with Crippen LogP contribution in [0, 0.1) is 5.92 Å². The molecule has 2 amide bonds. The van der Waals surface area contributed by atoms with Crippen molar-refractivity contribution in [1.29, 1.82) is 0 Å². The Morgan fingerprint density at radius 3 is 2.43 bits per heavy atom. The van der Waals surface area contributed by atoms with Gasteiger partial charge in [-0.15, -0.1) is 0 Å². The van der Waals surface area contributed by atoms with Crippen molar-refractivity contribution in [3.05, 3.63) is 0 Å². The van der Waals surface area contributed by atoms with E-state index in [4.69, 9.17) is 14.6 Å². The number of nitrogens with zero attached hydrogens (tertiary/aromatic N) is 1. The predicted octanol–water partition coefficient (Wildman–Crippen LogP) is 1.18. The Bertz CT molecular complexity index is 312. The zero-order chi connectivity index (χ0) is 16.3. The van der Waals surface area contributed by atoms with Crippen LogP contribution in [-0.2, 0) is 14.3 Å². The molecule has 0 aromatic heterocycles. The lowest BCUT2D eigenvalue weighted by molar-refractivity contribution is -0.138. The predicted molar refractivity (Wildman–Crippen MR) is 79.4 cm³/mol. The molecular weight excluding hydrogens is 276 g/mol. The van der Waals surface area contributed by atoms with E-state index in [-0.39, 0.29) is 24.4 Å². The maximum Gasteiger partial charge on any atom is 0.317 e. The molecule has 0 heterocycles. The first-order chi connectivity index (χ1) is 9.96. The smallest absolute Gasteiger partial charge is 0.317 e. The van der Waals surface area contributed by atoms with Gasteiger partial charge in [-0.25, -0.2) is 4.79 Å². The van der Waals surface area contributed by atoms with Crippen LogP contribution in [0.1, 0.15) is 26.7 Å². The molecule has 2 unspecified atom stereocenters. The zero-order valence-corrected chi connectivity index (χ0v) is 13.4. The third-order valence-electron chi connectivity index (χ3n) is 3.32. The van der Waals surface area contributed by atoms with Crippen molar-refractivity contribution in [3.8, 4) is 0 Å². The largest absolute Gasteiger partial charge is 0.481 e. The van der Waals surface area contributed by atoms with E-state index < -0.39 is 5.97 Å². The van der Waals surface area contributed by atoms with Crippen LogP contribution >= 0.6 is 0 Å². The number of carbonyl (C=O) groups excluding carboxylic acids is 1. The zero-order valence-electron chi connectivity index (χ0n) is 13.4. The Morgan fingerprint density at radius 1 is 1.29 bits per heavy atom. The first-order valence-electron chi connectivity index (χ1n) is 7.20. The van der Waals surface area contributed by atoms with Crippen molar-refractivity contribution in [3.63, 3.8) is 0 Å². The minimum absolute atomic E-state index is 0.0580. The van der Waals surface area contributed by atoms with E-state index in [9.17, 15) is 9.59 Å². The Hall–Kier alpha value is -1.34. The molecule has 0 aliphatic carbocycles. The molecule has 0 bridgehead atoms. The number of aliphatic carboxylic acids is 1.